The summed E-state index contributed by atoms with van der Waals surface area (Å²) >= 11 is 0. The molecule has 0 amide bonds. The molecule has 4 aromatic rings. The lowest BCUT2D eigenvalue weighted by atomic mass is 10.1. The molecule has 0 saturated heterocycles. The molecule has 5 heteroatoms. The van der Waals surface area contributed by atoms with Gasteiger partial charge < -0.3 is 9.72 Å². The van der Waals surface area contributed by atoms with Crippen molar-refractivity contribution in [3.63, 3.8) is 0 Å². The Kier molecular flexibility index (Phi) is 2.57. The zero-order chi connectivity index (χ0) is 14.2. The topological polar surface area (TPSA) is 63.7 Å². The van der Waals surface area contributed by atoms with E-state index in [0.717, 1.165) is 27.8 Å². The number of para-hydroxylation sites is 1. The summed E-state index contributed by atoms with van der Waals surface area (Å²) in [5.41, 5.74) is 3.40. The minimum atomic E-state index is 0.552. The maximum Gasteiger partial charge on any atom is 0.215 e. The Balaban J connectivity index is 1.96. The third kappa shape index (κ3) is 1.90. The number of aromatic amines is 1. The van der Waals surface area contributed by atoms with E-state index in [9.17, 15) is 0 Å². The van der Waals surface area contributed by atoms with E-state index in [2.05, 4.69) is 19.9 Å². The first kappa shape index (κ1) is 11.8. The van der Waals surface area contributed by atoms with Crippen LogP contribution in [-0.2, 0) is 0 Å². The van der Waals surface area contributed by atoms with Crippen LogP contribution in [0.3, 0.4) is 0 Å². The Morgan fingerprint density at radius 2 is 1.90 bits per heavy atom. The molecule has 0 unspecified atom stereocenters. The molecule has 0 aliphatic rings. The van der Waals surface area contributed by atoms with Gasteiger partial charge in [-0.05, 0) is 18.2 Å². The quantitative estimate of drug-likeness (QED) is 0.610. The van der Waals surface area contributed by atoms with Crippen molar-refractivity contribution in [3.8, 4) is 17.3 Å². The molecule has 102 valence electrons. The van der Waals surface area contributed by atoms with Crippen LogP contribution < -0.4 is 4.74 Å². The number of pyridine rings is 2. The molecule has 0 radical (unpaired) electrons. The van der Waals surface area contributed by atoms with Crippen molar-refractivity contribution in [1.82, 2.24) is 19.9 Å². The monoisotopic (exact) mass is 276 g/mol. The number of benzene rings is 1. The number of ether oxygens (including phenoxy) is 1. The van der Waals surface area contributed by atoms with Gasteiger partial charge in [-0.1, -0.05) is 18.2 Å². The van der Waals surface area contributed by atoms with Gasteiger partial charge in [0.25, 0.3) is 0 Å². The molecule has 3 heterocycles. The van der Waals surface area contributed by atoms with E-state index in [-0.39, 0.29) is 0 Å². The van der Waals surface area contributed by atoms with Crippen LogP contribution >= 0.6 is 0 Å². The van der Waals surface area contributed by atoms with E-state index in [0.29, 0.717) is 11.5 Å². The number of H-pyrrole nitrogens is 1. The Labute approximate surface area is 120 Å². The van der Waals surface area contributed by atoms with Gasteiger partial charge in [0.15, 0.2) is 5.65 Å². The fraction of sp³-hybridized carbons (Fsp3) is 0.0625. The van der Waals surface area contributed by atoms with Crippen molar-refractivity contribution in [2.75, 3.05) is 7.11 Å². The summed E-state index contributed by atoms with van der Waals surface area (Å²) in [6, 6.07) is 13.7. The molecule has 1 N–H and O–H groups in total. The summed E-state index contributed by atoms with van der Waals surface area (Å²) in [6.45, 7) is 0. The van der Waals surface area contributed by atoms with E-state index >= 15 is 0 Å². The highest BCUT2D eigenvalue weighted by molar-refractivity contribution is 5.93. The number of nitrogens with zero attached hydrogens (tertiary/aromatic N) is 3. The predicted molar refractivity (Wildman–Crippen MR) is 81.2 cm³/mol. The zero-order valence-electron chi connectivity index (χ0n) is 11.4. The summed E-state index contributed by atoms with van der Waals surface area (Å²) < 4.78 is 5.13. The number of rotatable bonds is 2. The minimum Gasteiger partial charge on any atom is -0.481 e. The molecular formula is C16H12N4O. The van der Waals surface area contributed by atoms with Gasteiger partial charge in [-0.2, -0.15) is 4.98 Å². The fourth-order valence-electron chi connectivity index (χ4n) is 2.41. The number of imidazole rings is 1. The highest BCUT2D eigenvalue weighted by Gasteiger charge is 2.10. The summed E-state index contributed by atoms with van der Waals surface area (Å²) in [6.07, 6.45) is 1.79. The van der Waals surface area contributed by atoms with Gasteiger partial charge in [-0.15, -0.1) is 0 Å². The summed E-state index contributed by atoms with van der Waals surface area (Å²) in [4.78, 5) is 16.6. The highest BCUT2D eigenvalue weighted by atomic mass is 16.5. The van der Waals surface area contributed by atoms with Crippen LogP contribution in [0.1, 0.15) is 0 Å². The van der Waals surface area contributed by atoms with Gasteiger partial charge in [-0.25, -0.2) is 4.98 Å². The molecule has 0 bridgehead atoms. The number of methoxy groups -OCH3 is 1. The smallest absolute Gasteiger partial charge is 0.215 e. The molecular weight excluding hydrogens is 264 g/mol. The molecule has 5 nitrogen and oxygen atoms in total. The lowest BCUT2D eigenvalue weighted by Gasteiger charge is -2.01. The molecule has 0 aliphatic heterocycles. The average Bonchev–Trinajstić information content (AvgIpc) is 2.97. The molecule has 0 aliphatic carbocycles. The summed E-state index contributed by atoms with van der Waals surface area (Å²) in [7, 11) is 1.59. The Bertz CT molecular complexity index is 940. The standard InChI is InChI=1S/C16H12N4O/c1-21-13-8-7-12-16(19-13)20-15(18-12)11-6-2-4-10-5-3-9-17-14(10)11/h2-9H,1H3,(H,18,19,20). The number of nitrogens with one attached hydrogen (secondary N) is 1. The van der Waals surface area contributed by atoms with E-state index < -0.39 is 0 Å². The van der Waals surface area contributed by atoms with Gasteiger partial charge >= 0.3 is 0 Å². The second-order valence-corrected chi connectivity index (χ2v) is 4.69. The molecule has 0 fully saturated rings. The van der Waals surface area contributed by atoms with Crippen molar-refractivity contribution in [2.24, 2.45) is 0 Å². The third-order valence-corrected chi connectivity index (χ3v) is 3.42. The van der Waals surface area contributed by atoms with Gasteiger partial charge in [0.05, 0.1) is 18.1 Å². The zero-order valence-corrected chi connectivity index (χ0v) is 11.4. The maximum absolute atomic E-state index is 5.13. The molecule has 3 aromatic heterocycles. The molecule has 1 aromatic carbocycles. The summed E-state index contributed by atoms with van der Waals surface area (Å²) in [5, 5.41) is 1.08. The van der Waals surface area contributed by atoms with Gasteiger partial charge in [0, 0.05) is 23.2 Å². The lowest BCUT2D eigenvalue weighted by Crippen LogP contribution is -1.87. The van der Waals surface area contributed by atoms with Crippen molar-refractivity contribution in [3.05, 3.63) is 48.7 Å². The van der Waals surface area contributed by atoms with E-state index in [1.165, 1.54) is 0 Å². The van der Waals surface area contributed by atoms with Crippen LogP contribution in [0.25, 0.3) is 33.5 Å². The first-order valence-electron chi connectivity index (χ1n) is 6.60. The van der Waals surface area contributed by atoms with Crippen molar-refractivity contribution >= 4 is 22.1 Å². The normalized spacial score (nSPS) is 11.1. The van der Waals surface area contributed by atoms with Crippen molar-refractivity contribution in [1.29, 1.82) is 0 Å². The van der Waals surface area contributed by atoms with Crippen LogP contribution in [0, 0.1) is 0 Å². The van der Waals surface area contributed by atoms with E-state index in [1.54, 1.807) is 13.3 Å². The van der Waals surface area contributed by atoms with Crippen molar-refractivity contribution in [2.45, 2.75) is 0 Å². The lowest BCUT2D eigenvalue weighted by molar-refractivity contribution is 0.399. The average molecular weight is 276 g/mol. The second kappa shape index (κ2) is 4.56. The largest absolute Gasteiger partial charge is 0.481 e. The first-order chi connectivity index (χ1) is 10.3. The van der Waals surface area contributed by atoms with Crippen LogP contribution in [-0.4, -0.2) is 27.0 Å². The SMILES string of the molecule is COc1ccc2[nH]c(-c3cccc4cccnc34)nc2n1. The number of hydrogen-bond acceptors (Lipinski definition) is 4. The molecule has 4 rings (SSSR count). The van der Waals surface area contributed by atoms with Crippen LogP contribution in [0.2, 0.25) is 0 Å². The molecule has 21 heavy (non-hydrogen) atoms. The van der Waals surface area contributed by atoms with Crippen LogP contribution in [0.15, 0.2) is 48.7 Å². The maximum atomic E-state index is 5.13. The number of aromatic nitrogens is 4. The summed E-state index contributed by atoms with van der Waals surface area (Å²) in [5.74, 6) is 1.31. The van der Waals surface area contributed by atoms with Gasteiger partial charge in [-0.3, -0.25) is 4.98 Å². The highest BCUT2D eigenvalue weighted by Crippen LogP contribution is 2.26. The second-order valence-electron chi connectivity index (χ2n) is 4.69. The predicted octanol–water partition coefficient (Wildman–Crippen LogP) is 3.18. The number of hydrogen-bond donors (Lipinski definition) is 1. The Hall–Kier alpha value is -2.95. The third-order valence-electron chi connectivity index (χ3n) is 3.42. The molecule has 0 saturated carbocycles. The minimum absolute atomic E-state index is 0.552. The molecule has 0 spiro atoms. The first-order valence-corrected chi connectivity index (χ1v) is 6.60. The van der Waals surface area contributed by atoms with E-state index in [1.807, 2.05) is 42.5 Å². The molecule has 0 atom stereocenters. The van der Waals surface area contributed by atoms with Gasteiger partial charge in [0.1, 0.15) is 5.82 Å². The number of fused-ring (bicyclic) bond motifs is 2. The fourth-order valence-corrected chi connectivity index (χ4v) is 2.41. The van der Waals surface area contributed by atoms with E-state index in [4.69, 9.17) is 4.74 Å². The van der Waals surface area contributed by atoms with Crippen LogP contribution in [0.5, 0.6) is 5.88 Å². The Morgan fingerprint density at radius 1 is 1.00 bits per heavy atom. The Morgan fingerprint density at radius 3 is 2.81 bits per heavy atom. The van der Waals surface area contributed by atoms with Crippen molar-refractivity contribution < 1.29 is 4.74 Å². The van der Waals surface area contributed by atoms with Gasteiger partial charge in [0.2, 0.25) is 5.88 Å². The van der Waals surface area contributed by atoms with Crippen LogP contribution in [0.4, 0.5) is 0 Å².